The third kappa shape index (κ3) is 3.89. The number of nitrogen functional groups attached to an aromatic ring is 1. The van der Waals surface area contributed by atoms with E-state index in [-0.39, 0.29) is 0 Å². The molecule has 172 valence electrons. The number of benzene rings is 2. The minimum absolute atomic E-state index is 0.514. The number of hydrogen-bond acceptors (Lipinski definition) is 6. The molecule has 2 aromatic carbocycles. The number of para-hydroxylation sites is 2. The second-order valence-corrected chi connectivity index (χ2v) is 9.36. The molecule has 0 spiro atoms. The van der Waals surface area contributed by atoms with Crippen molar-refractivity contribution in [3.05, 3.63) is 58.7 Å². The molecule has 7 nitrogen and oxygen atoms in total. The van der Waals surface area contributed by atoms with E-state index in [1.807, 2.05) is 41.1 Å². The van der Waals surface area contributed by atoms with Crippen LogP contribution in [-0.4, -0.2) is 54.1 Å². The predicted molar refractivity (Wildman–Crippen MR) is 130 cm³/mol. The van der Waals surface area contributed by atoms with Crippen molar-refractivity contribution < 1.29 is 9.47 Å². The molecular weight excluding hydrogens is 438 g/mol. The van der Waals surface area contributed by atoms with Crippen LogP contribution in [0.3, 0.4) is 0 Å². The first-order valence-electron chi connectivity index (χ1n) is 11.7. The monoisotopic (exact) mass is 465 g/mol. The van der Waals surface area contributed by atoms with Crippen LogP contribution < -0.4 is 20.1 Å². The number of nitrogens with zero attached hydrogens (tertiary/aromatic N) is 4. The number of halogens is 1. The number of fused-ring (bicyclic) bond motifs is 1. The highest BCUT2D eigenvalue weighted by Gasteiger charge is 2.33. The number of aromatic nitrogens is 2. The van der Waals surface area contributed by atoms with Gasteiger partial charge in [0, 0.05) is 44.2 Å². The fourth-order valence-corrected chi connectivity index (χ4v) is 5.03. The average Bonchev–Trinajstić information content (AvgIpc) is 3.65. The Hall–Kier alpha value is -2.90. The summed E-state index contributed by atoms with van der Waals surface area (Å²) in [6, 6.07) is 13.9. The normalized spacial score (nSPS) is 18.5. The van der Waals surface area contributed by atoms with Crippen molar-refractivity contribution in [1.29, 1.82) is 0 Å². The minimum atomic E-state index is 0.514. The van der Waals surface area contributed by atoms with Gasteiger partial charge in [0.2, 0.25) is 0 Å². The van der Waals surface area contributed by atoms with Crippen molar-refractivity contribution in [2.75, 3.05) is 50.0 Å². The van der Waals surface area contributed by atoms with Crippen molar-refractivity contribution in [2.45, 2.75) is 25.3 Å². The van der Waals surface area contributed by atoms with E-state index in [2.05, 4.69) is 15.9 Å². The fourth-order valence-electron chi connectivity index (χ4n) is 4.81. The van der Waals surface area contributed by atoms with Crippen LogP contribution >= 0.6 is 11.6 Å². The standard InChI is InChI=1S/C25H28ClN5O2/c26-19-4-1-2-5-20(19)31-25(27)18(23(28-31)17-8-9-17)16-29-10-12-30(13-11-29)21-6-3-7-22-24(21)33-15-14-32-22/h1-7,17H,8-16,27H2. The number of hydrogen-bond donors (Lipinski definition) is 1. The van der Waals surface area contributed by atoms with E-state index >= 15 is 0 Å². The van der Waals surface area contributed by atoms with Crippen molar-refractivity contribution in [2.24, 2.45) is 0 Å². The van der Waals surface area contributed by atoms with Gasteiger partial charge in [-0.05, 0) is 37.1 Å². The zero-order valence-electron chi connectivity index (χ0n) is 18.5. The molecule has 6 rings (SSSR count). The maximum Gasteiger partial charge on any atom is 0.184 e. The summed E-state index contributed by atoms with van der Waals surface area (Å²) in [4.78, 5) is 4.86. The van der Waals surface area contributed by atoms with Gasteiger partial charge in [-0.1, -0.05) is 29.8 Å². The van der Waals surface area contributed by atoms with Crippen LogP contribution in [0.2, 0.25) is 5.02 Å². The van der Waals surface area contributed by atoms with Crippen LogP contribution in [-0.2, 0) is 6.54 Å². The van der Waals surface area contributed by atoms with E-state index in [4.69, 9.17) is 31.9 Å². The van der Waals surface area contributed by atoms with E-state index in [9.17, 15) is 0 Å². The van der Waals surface area contributed by atoms with Gasteiger partial charge in [-0.25, -0.2) is 4.68 Å². The molecule has 3 aromatic rings. The lowest BCUT2D eigenvalue weighted by atomic mass is 10.1. The summed E-state index contributed by atoms with van der Waals surface area (Å²) in [6.45, 7) is 5.77. The summed E-state index contributed by atoms with van der Waals surface area (Å²) in [6.07, 6.45) is 2.36. The molecule has 0 atom stereocenters. The fraction of sp³-hybridized carbons (Fsp3) is 0.400. The molecule has 8 heteroatoms. The molecule has 3 heterocycles. The second kappa shape index (κ2) is 8.47. The first-order chi connectivity index (χ1) is 16.2. The number of anilines is 2. The first-order valence-corrected chi connectivity index (χ1v) is 12.0. The Bertz CT molecular complexity index is 1170. The summed E-state index contributed by atoms with van der Waals surface area (Å²) >= 11 is 6.45. The highest BCUT2D eigenvalue weighted by molar-refractivity contribution is 6.32. The molecule has 3 aliphatic rings. The van der Waals surface area contributed by atoms with Crippen molar-refractivity contribution >= 4 is 23.1 Å². The van der Waals surface area contributed by atoms with Crippen LogP contribution in [0, 0.1) is 0 Å². The topological polar surface area (TPSA) is 68.8 Å². The van der Waals surface area contributed by atoms with Gasteiger partial charge in [0.1, 0.15) is 19.0 Å². The number of piperazine rings is 1. The minimum Gasteiger partial charge on any atom is -0.486 e. The van der Waals surface area contributed by atoms with Crippen molar-refractivity contribution in [3.8, 4) is 17.2 Å². The smallest absolute Gasteiger partial charge is 0.184 e. The molecule has 0 bridgehead atoms. The Labute approximate surface area is 198 Å². The second-order valence-electron chi connectivity index (χ2n) is 8.95. The lowest BCUT2D eigenvalue weighted by Crippen LogP contribution is -2.46. The molecule has 2 N–H and O–H groups in total. The van der Waals surface area contributed by atoms with Gasteiger partial charge in [-0.3, -0.25) is 4.90 Å². The molecule has 2 fully saturated rings. The lowest BCUT2D eigenvalue weighted by Gasteiger charge is -2.37. The predicted octanol–water partition coefficient (Wildman–Crippen LogP) is 4.08. The zero-order chi connectivity index (χ0) is 22.4. The zero-order valence-corrected chi connectivity index (χ0v) is 19.3. The Balaban J connectivity index is 1.20. The molecule has 0 amide bonds. The third-order valence-electron chi connectivity index (χ3n) is 6.74. The quantitative estimate of drug-likeness (QED) is 0.612. The van der Waals surface area contributed by atoms with Gasteiger partial charge in [-0.2, -0.15) is 5.10 Å². The van der Waals surface area contributed by atoms with E-state index in [0.717, 1.165) is 66.9 Å². The van der Waals surface area contributed by atoms with E-state index in [1.54, 1.807) is 0 Å². The highest BCUT2D eigenvalue weighted by atomic mass is 35.5. The van der Waals surface area contributed by atoms with Crippen LogP contribution in [0.25, 0.3) is 5.69 Å². The molecule has 1 saturated heterocycles. The number of ether oxygens (including phenoxy) is 2. The van der Waals surface area contributed by atoms with E-state index in [0.29, 0.717) is 30.0 Å². The molecule has 1 saturated carbocycles. The summed E-state index contributed by atoms with van der Waals surface area (Å²) in [5.74, 6) is 2.93. The maximum atomic E-state index is 6.66. The van der Waals surface area contributed by atoms with Crippen LogP contribution in [0.5, 0.6) is 11.5 Å². The first kappa shape index (κ1) is 20.7. The molecule has 0 unspecified atom stereocenters. The van der Waals surface area contributed by atoms with Gasteiger partial charge < -0.3 is 20.1 Å². The molecule has 33 heavy (non-hydrogen) atoms. The summed E-state index contributed by atoms with van der Waals surface area (Å²) in [5, 5.41) is 5.58. The van der Waals surface area contributed by atoms with E-state index < -0.39 is 0 Å². The lowest BCUT2D eigenvalue weighted by molar-refractivity contribution is 0.171. The van der Waals surface area contributed by atoms with Gasteiger partial charge in [0.25, 0.3) is 0 Å². The highest BCUT2D eigenvalue weighted by Crippen LogP contribution is 2.44. The SMILES string of the molecule is Nc1c(CN2CCN(c3cccc4c3OCCO4)CC2)c(C2CC2)nn1-c1ccccc1Cl. The third-order valence-corrected chi connectivity index (χ3v) is 7.06. The molecular formula is C25H28ClN5O2. The Morgan fingerprint density at radius 1 is 0.939 bits per heavy atom. The van der Waals surface area contributed by atoms with Crippen LogP contribution in [0.15, 0.2) is 42.5 Å². The molecule has 1 aromatic heterocycles. The van der Waals surface area contributed by atoms with Gasteiger partial charge in [0.15, 0.2) is 11.5 Å². The summed E-state index contributed by atoms with van der Waals surface area (Å²) < 4.78 is 13.5. The summed E-state index contributed by atoms with van der Waals surface area (Å²) in [7, 11) is 0. The van der Waals surface area contributed by atoms with Crippen LogP contribution in [0.4, 0.5) is 11.5 Å². The summed E-state index contributed by atoms with van der Waals surface area (Å²) in [5.41, 5.74) is 10.9. The molecule has 1 aliphatic carbocycles. The van der Waals surface area contributed by atoms with Crippen molar-refractivity contribution in [3.63, 3.8) is 0 Å². The Kier molecular flexibility index (Phi) is 5.31. The number of nitrogens with two attached hydrogens (primary N) is 1. The number of rotatable bonds is 5. The maximum absolute atomic E-state index is 6.66. The Morgan fingerprint density at radius 2 is 1.70 bits per heavy atom. The van der Waals surface area contributed by atoms with E-state index in [1.165, 1.54) is 12.8 Å². The molecule has 2 aliphatic heterocycles. The Morgan fingerprint density at radius 3 is 2.48 bits per heavy atom. The largest absolute Gasteiger partial charge is 0.486 e. The van der Waals surface area contributed by atoms with Gasteiger partial charge in [-0.15, -0.1) is 0 Å². The van der Waals surface area contributed by atoms with Gasteiger partial charge >= 0.3 is 0 Å². The van der Waals surface area contributed by atoms with Crippen LogP contribution in [0.1, 0.15) is 30.0 Å². The average molecular weight is 466 g/mol. The molecule has 0 radical (unpaired) electrons. The van der Waals surface area contributed by atoms with Gasteiger partial charge in [0.05, 0.1) is 22.1 Å². The van der Waals surface area contributed by atoms with Crippen molar-refractivity contribution in [1.82, 2.24) is 14.7 Å².